The molecule has 0 aliphatic carbocycles. The van der Waals surface area contributed by atoms with E-state index in [-0.39, 0.29) is 24.1 Å². The van der Waals surface area contributed by atoms with Gasteiger partial charge in [-0.2, -0.15) is 4.98 Å². The van der Waals surface area contributed by atoms with Gasteiger partial charge in [0.05, 0.1) is 18.6 Å². The van der Waals surface area contributed by atoms with Crippen molar-refractivity contribution in [3.8, 4) is 5.75 Å². The van der Waals surface area contributed by atoms with E-state index >= 15 is 0 Å². The second kappa shape index (κ2) is 9.06. The van der Waals surface area contributed by atoms with Crippen LogP contribution < -0.4 is 20.7 Å². The lowest BCUT2D eigenvalue weighted by Gasteiger charge is -2.40. The third kappa shape index (κ3) is 4.58. The van der Waals surface area contributed by atoms with Gasteiger partial charge in [0.15, 0.2) is 10.6 Å². The van der Waals surface area contributed by atoms with Crippen molar-refractivity contribution in [2.45, 2.75) is 26.0 Å². The maximum atomic E-state index is 13.0. The predicted molar refractivity (Wildman–Crippen MR) is 132 cm³/mol. The molecular formula is C22H26N8O4S. The molecule has 1 aromatic carbocycles. The first-order chi connectivity index (χ1) is 16.8. The molecule has 1 atom stereocenters. The first kappa shape index (κ1) is 22.9. The molecule has 0 radical (unpaired) electrons. The number of thiazole rings is 1. The van der Waals surface area contributed by atoms with Gasteiger partial charge in [0.2, 0.25) is 5.95 Å². The lowest BCUT2D eigenvalue weighted by molar-refractivity contribution is 0.0252. The summed E-state index contributed by atoms with van der Waals surface area (Å²) in [6.45, 7) is 6.28. The highest BCUT2D eigenvalue weighted by atomic mass is 32.1. The molecule has 35 heavy (non-hydrogen) atoms. The summed E-state index contributed by atoms with van der Waals surface area (Å²) in [6.07, 6.45) is -1.09. The summed E-state index contributed by atoms with van der Waals surface area (Å²) in [4.78, 5) is 42.9. The van der Waals surface area contributed by atoms with Crippen molar-refractivity contribution in [2.75, 3.05) is 48.7 Å². The van der Waals surface area contributed by atoms with Crippen molar-refractivity contribution in [3.05, 3.63) is 29.3 Å². The third-order valence-corrected chi connectivity index (χ3v) is 6.96. The lowest BCUT2D eigenvalue weighted by atomic mass is 10.1. The Labute approximate surface area is 205 Å². The number of aromatic nitrogens is 3. The van der Waals surface area contributed by atoms with Crippen LogP contribution in [0.15, 0.2) is 23.7 Å². The standard InChI is InChI=1S/C22H26N8O4S/c1-12-7-14(34-15-9-29(10-15)22(32)33)3-4-16(12)25-21(31)28-5-6-30(13(2)8-28)18-17-19(35-11-24-17)27-20(23)26-18/h3-4,7,11,13,15H,5-6,8-10H2,1-2H3,(H,25,31)(H,32,33)(H2,23,26,27)/t13-/m0/s1. The van der Waals surface area contributed by atoms with Gasteiger partial charge < -0.3 is 35.6 Å². The van der Waals surface area contributed by atoms with Gasteiger partial charge in [-0.05, 0) is 37.6 Å². The number of ether oxygens (including phenoxy) is 1. The average molecular weight is 499 g/mol. The number of hydrogen-bond donors (Lipinski definition) is 3. The molecular weight excluding hydrogens is 472 g/mol. The topological polar surface area (TPSA) is 150 Å². The Morgan fingerprint density at radius 1 is 1.20 bits per heavy atom. The van der Waals surface area contributed by atoms with E-state index in [0.29, 0.717) is 50.0 Å². The van der Waals surface area contributed by atoms with Gasteiger partial charge in [0.1, 0.15) is 17.4 Å². The number of fused-ring (bicyclic) bond motifs is 1. The lowest BCUT2D eigenvalue weighted by Crippen LogP contribution is -2.55. The number of piperazine rings is 1. The number of benzene rings is 1. The van der Waals surface area contributed by atoms with E-state index in [0.717, 1.165) is 15.9 Å². The average Bonchev–Trinajstić information content (AvgIpc) is 3.25. The van der Waals surface area contributed by atoms with Crippen molar-refractivity contribution >= 4 is 51.3 Å². The van der Waals surface area contributed by atoms with Crippen LogP contribution in [0.1, 0.15) is 12.5 Å². The number of aryl methyl sites for hydroxylation is 1. The third-order valence-electron chi connectivity index (χ3n) is 6.24. The van der Waals surface area contributed by atoms with Gasteiger partial charge >= 0.3 is 12.1 Å². The fraction of sp³-hybridized carbons (Fsp3) is 0.409. The zero-order chi connectivity index (χ0) is 24.7. The molecule has 184 valence electrons. The molecule has 0 spiro atoms. The number of urea groups is 1. The monoisotopic (exact) mass is 498 g/mol. The summed E-state index contributed by atoms with van der Waals surface area (Å²) in [5, 5.41) is 11.9. The maximum absolute atomic E-state index is 13.0. The summed E-state index contributed by atoms with van der Waals surface area (Å²) in [6, 6.07) is 5.27. The van der Waals surface area contributed by atoms with Gasteiger partial charge in [-0.15, -0.1) is 11.3 Å². The SMILES string of the molecule is Cc1cc(OC2CN(C(=O)O)C2)ccc1NC(=O)N1CCN(c2nc(N)nc3scnc23)[C@@H](C)C1. The van der Waals surface area contributed by atoms with Crippen LogP contribution in [0.2, 0.25) is 0 Å². The van der Waals surface area contributed by atoms with Gasteiger partial charge in [-0.3, -0.25) is 0 Å². The highest BCUT2D eigenvalue weighted by Crippen LogP contribution is 2.29. The first-order valence-corrected chi connectivity index (χ1v) is 12.1. The largest absolute Gasteiger partial charge is 0.487 e. The molecule has 0 unspecified atom stereocenters. The number of amides is 3. The Balaban J connectivity index is 1.19. The number of nitrogens with two attached hydrogens (primary N) is 1. The molecule has 0 bridgehead atoms. The molecule has 2 aliphatic heterocycles. The number of nitrogens with zero attached hydrogens (tertiary/aromatic N) is 6. The number of nitrogens with one attached hydrogen (secondary N) is 1. The minimum absolute atomic E-state index is 0.0124. The summed E-state index contributed by atoms with van der Waals surface area (Å²) in [5.41, 5.74) is 9.91. The molecule has 4 heterocycles. The number of carboxylic acid groups (broad SMARTS) is 1. The number of carbonyl (C=O) groups excluding carboxylic acids is 1. The Bertz CT molecular complexity index is 1280. The number of nitrogen functional groups attached to an aromatic ring is 1. The van der Waals surface area contributed by atoms with E-state index in [1.54, 1.807) is 22.5 Å². The van der Waals surface area contributed by atoms with Crippen LogP contribution in [0, 0.1) is 6.92 Å². The van der Waals surface area contributed by atoms with E-state index in [1.807, 2.05) is 19.9 Å². The predicted octanol–water partition coefficient (Wildman–Crippen LogP) is 2.46. The molecule has 3 aromatic rings. The first-order valence-electron chi connectivity index (χ1n) is 11.2. The van der Waals surface area contributed by atoms with Gasteiger partial charge in [0.25, 0.3) is 0 Å². The molecule has 2 fully saturated rings. The maximum Gasteiger partial charge on any atom is 0.407 e. The molecule has 13 heteroatoms. The molecule has 5 rings (SSSR count). The minimum atomic E-state index is -0.938. The number of likely N-dealkylation sites (tertiary alicyclic amines) is 1. The number of hydrogen-bond acceptors (Lipinski definition) is 9. The Hall–Kier alpha value is -3.87. The van der Waals surface area contributed by atoms with E-state index in [4.69, 9.17) is 15.6 Å². The number of anilines is 3. The fourth-order valence-corrected chi connectivity index (χ4v) is 4.99. The number of carbonyl (C=O) groups is 2. The quantitative estimate of drug-likeness (QED) is 0.493. The highest BCUT2D eigenvalue weighted by Gasteiger charge is 2.32. The molecule has 12 nitrogen and oxygen atoms in total. The van der Waals surface area contributed by atoms with Crippen LogP contribution >= 0.6 is 11.3 Å². The van der Waals surface area contributed by atoms with Crippen molar-refractivity contribution in [2.24, 2.45) is 0 Å². The molecule has 0 saturated carbocycles. The Morgan fingerprint density at radius 2 is 2.00 bits per heavy atom. The van der Waals surface area contributed by atoms with Crippen LogP contribution in [-0.4, -0.2) is 86.9 Å². The second-order valence-electron chi connectivity index (χ2n) is 8.73. The summed E-state index contributed by atoms with van der Waals surface area (Å²) in [7, 11) is 0. The van der Waals surface area contributed by atoms with Crippen molar-refractivity contribution < 1.29 is 19.4 Å². The summed E-state index contributed by atoms with van der Waals surface area (Å²) in [5.74, 6) is 1.56. The van der Waals surface area contributed by atoms with Gasteiger partial charge in [0, 0.05) is 31.4 Å². The highest BCUT2D eigenvalue weighted by molar-refractivity contribution is 7.16. The van der Waals surface area contributed by atoms with Crippen molar-refractivity contribution in [1.82, 2.24) is 24.8 Å². The second-order valence-corrected chi connectivity index (χ2v) is 9.57. The number of rotatable bonds is 4. The minimum Gasteiger partial charge on any atom is -0.487 e. The van der Waals surface area contributed by atoms with Crippen LogP contribution in [0.25, 0.3) is 10.3 Å². The van der Waals surface area contributed by atoms with E-state index in [2.05, 4.69) is 25.2 Å². The molecule has 3 amide bonds. The zero-order valence-corrected chi connectivity index (χ0v) is 20.2. The molecule has 2 aromatic heterocycles. The van der Waals surface area contributed by atoms with Crippen LogP contribution in [0.3, 0.4) is 0 Å². The van der Waals surface area contributed by atoms with Crippen LogP contribution in [0.5, 0.6) is 5.75 Å². The Kier molecular flexibility index (Phi) is 5.93. The molecule has 2 aliphatic rings. The van der Waals surface area contributed by atoms with Crippen LogP contribution in [0.4, 0.5) is 27.0 Å². The zero-order valence-electron chi connectivity index (χ0n) is 19.3. The van der Waals surface area contributed by atoms with Crippen LogP contribution in [-0.2, 0) is 0 Å². The summed E-state index contributed by atoms with van der Waals surface area (Å²) >= 11 is 1.42. The van der Waals surface area contributed by atoms with E-state index in [1.165, 1.54) is 16.2 Å². The van der Waals surface area contributed by atoms with Crippen molar-refractivity contribution in [1.29, 1.82) is 0 Å². The van der Waals surface area contributed by atoms with E-state index in [9.17, 15) is 9.59 Å². The molecule has 2 saturated heterocycles. The fourth-order valence-electron chi connectivity index (χ4n) is 4.33. The normalized spacial score (nSPS) is 18.5. The van der Waals surface area contributed by atoms with Crippen molar-refractivity contribution in [3.63, 3.8) is 0 Å². The molecule has 4 N–H and O–H groups in total. The van der Waals surface area contributed by atoms with E-state index < -0.39 is 6.09 Å². The summed E-state index contributed by atoms with van der Waals surface area (Å²) < 4.78 is 5.83. The smallest absolute Gasteiger partial charge is 0.407 e. The van der Waals surface area contributed by atoms with Gasteiger partial charge in [-0.25, -0.2) is 19.6 Å². The van der Waals surface area contributed by atoms with Gasteiger partial charge in [-0.1, -0.05) is 0 Å². The Morgan fingerprint density at radius 3 is 2.71 bits per heavy atom.